The monoisotopic (exact) mass is 197 g/mol. The molecule has 0 saturated heterocycles. The maximum absolute atomic E-state index is 4.35. The zero-order valence-electron chi connectivity index (χ0n) is 10.5. The SMILES string of the molecule is C[C](CC(C)C)NN=C(C)CC(C)C. The van der Waals surface area contributed by atoms with Crippen LogP contribution < -0.4 is 5.43 Å². The van der Waals surface area contributed by atoms with Gasteiger partial charge in [-0.05, 0) is 38.5 Å². The van der Waals surface area contributed by atoms with Crippen molar-refractivity contribution in [3.8, 4) is 0 Å². The molecule has 0 aromatic heterocycles. The summed E-state index contributed by atoms with van der Waals surface area (Å²) in [6, 6.07) is 1.25. The summed E-state index contributed by atoms with van der Waals surface area (Å²) in [5.41, 5.74) is 4.31. The standard InChI is InChI=1S/C12H25N2/c1-9(2)7-11(5)13-14-12(6)8-10(3)4/h9-10,13H,7-8H2,1-6H3. The third kappa shape index (κ3) is 8.09. The van der Waals surface area contributed by atoms with Gasteiger partial charge in [0.1, 0.15) is 0 Å². The Hall–Kier alpha value is -0.530. The highest BCUT2D eigenvalue weighted by Crippen LogP contribution is 2.10. The summed E-state index contributed by atoms with van der Waals surface area (Å²) in [4.78, 5) is 0. The van der Waals surface area contributed by atoms with Crippen LogP contribution in [0.25, 0.3) is 0 Å². The Morgan fingerprint density at radius 2 is 1.50 bits per heavy atom. The molecule has 14 heavy (non-hydrogen) atoms. The molecule has 0 aliphatic heterocycles. The van der Waals surface area contributed by atoms with Crippen LogP contribution in [0.15, 0.2) is 5.10 Å². The van der Waals surface area contributed by atoms with Crippen molar-refractivity contribution < 1.29 is 0 Å². The summed E-state index contributed by atoms with van der Waals surface area (Å²) in [6.45, 7) is 13.0. The van der Waals surface area contributed by atoms with E-state index in [1.165, 1.54) is 11.8 Å². The molecule has 83 valence electrons. The Kier molecular flexibility index (Phi) is 6.60. The van der Waals surface area contributed by atoms with Crippen LogP contribution in [0.4, 0.5) is 0 Å². The third-order valence-corrected chi connectivity index (χ3v) is 1.86. The number of hydrazone groups is 1. The van der Waals surface area contributed by atoms with Crippen LogP contribution >= 0.6 is 0 Å². The first-order chi connectivity index (χ1) is 6.41. The van der Waals surface area contributed by atoms with Crippen molar-refractivity contribution in [2.75, 3.05) is 0 Å². The molecule has 0 heterocycles. The van der Waals surface area contributed by atoms with Gasteiger partial charge in [-0.3, -0.25) is 0 Å². The van der Waals surface area contributed by atoms with Crippen LogP contribution in [0.1, 0.15) is 54.4 Å². The van der Waals surface area contributed by atoms with Gasteiger partial charge < -0.3 is 5.43 Å². The minimum atomic E-state index is 0.686. The van der Waals surface area contributed by atoms with Gasteiger partial charge in [0.25, 0.3) is 0 Å². The fourth-order valence-electron chi connectivity index (χ4n) is 1.49. The first-order valence-corrected chi connectivity index (χ1v) is 5.53. The van der Waals surface area contributed by atoms with Crippen molar-refractivity contribution in [3.05, 3.63) is 6.04 Å². The summed E-state index contributed by atoms with van der Waals surface area (Å²) >= 11 is 0. The summed E-state index contributed by atoms with van der Waals surface area (Å²) < 4.78 is 0. The molecule has 0 aromatic carbocycles. The van der Waals surface area contributed by atoms with Crippen LogP contribution in [0.2, 0.25) is 0 Å². The molecule has 2 heteroatoms. The molecular formula is C12H25N2. The number of nitrogens with zero attached hydrogens (tertiary/aromatic N) is 1. The molecular weight excluding hydrogens is 172 g/mol. The number of rotatable bonds is 6. The van der Waals surface area contributed by atoms with E-state index >= 15 is 0 Å². The van der Waals surface area contributed by atoms with Crippen molar-refractivity contribution in [3.63, 3.8) is 0 Å². The van der Waals surface area contributed by atoms with Gasteiger partial charge in [-0.15, -0.1) is 0 Å². The maximum Gasteiger partial charge on any atom is 0.0765 e. The van der Waals surface area contributed by atoms with E-state index in [1.807, 2.05) is 0 Å². The average Bonchev–Trinajstić information content (AvgIpc) is 1.98. The van der Waals surface area contributed by atoms with Crippen molar-refractivity contribution >= 4 is 5.71 Å². The smallest absolute Gasteiger partial charge is 0.0765 e. The fourth-order valence-corrected chi connectivity index (χ4v) is 1.49. The number of nitrogens with one attached hydrogen (secondary N) is 1. The molecule has 0 unspecified atom stereocenters. The van der Waals surface area contributed by atoms with Gasteiger partial charge in [-0.1, -0.05) is 27.7 Å². The molecule has 0 fully saturated rings. The predicted molar refractivity (Wildman–Crippen MR) is 64.1 cm³/mol. The Labute approximate surface area is 89.2 Å². The lowest BCUT2D eigenvalue weighted by Crippen LogP contribution is -2.16. The van der Waals surface area contributed by atoms with E-state index in [0.29, 0.717) is 11.8 Å². The second-order valence-corrected chi connectivity index (χ2v) is 4.94. The van der Waals surface area contributed by atoms with E-state index in [1.54, 1.807) is 0 Å². The quantitative estimate of drug-likeness (QED) is 0.510. The summed E-state index contributed by atoms with van der Waals surface area (Å²) in [6.07, 6.45) is 2.17. The lowest BCUT2D eigenvalue weighted by atomic mass is 10.1. The molecule has 0 bridgehead atoms. The van der Waals surface area contributed by atoms with Gasteiger partial charge in [-0.25, -0.2) is 0 Å². The maximum atomic E-state index is 4.35. The van der Waals surface area contributed by atoms with Crippen molar-refractivity contribution in [2.24, 2.45) is 16.9 Å². The molecule has 1 radical (unpaired) electrons. The molecule has 0 aliphatic rings. The van der Waals surface area contributed by atoms with Crippen LogP contribution in [0.3, 0.4) is 0 Å². The molecule has 0 aromatic rings. The third-order valence-electron chi connectivity index (χ3n) is 1.86. The topological polar surface area (TPSA) is 24.4 Å². The van der Waals surface area contributed by atoms with E-state index in [0.717, 1.165) is 12.8 Å². The molecule has 0 saturated carbocycles. The largest absolute Gasteiger partial charge is 0.302 e. The van der Waals surface area contributed by atoms with Crippen LogP contribution in [-0.4, -0.2) is 5.71 Å². The van der Waals surface area contributed by atoms with Gasteiger partial charge in [0.2, 0.25) is 0 Å². The zero-order chi connectivity index (χ0) is 11.1. The summed E-state index contributed by atoms with van der Waals surface area (Å²) in [5.74, 6) is 1.38. The van der Waals surface area contributed by atoms with Gasteiger partial charge in [0.05, 0.1) is 6.04 Å². The molecule has 0 rings (SSSR count). The van der Waals surface area contributed by atoms with E-state index in [-0.39, 0.29) is 0 Å². The van der Waals surface area contributed by atoms with E-state index < -0.39 is 0 Å². The van der Waals surface area contributed by atoms with Gasteiger partial charge >= 0.3 is 0 Å². The van der Waals surface area contributed by atoms with E-state index in [4.69, 9.17) is 0 Å². The summed E-state index contributed by atoms with van der Waals surface area (Å²) in [7, 11) is 0. The normalized spacial score (nSPS) is 13.1. The Bertz CT molecular complexity index is 171. The van der Waals surface area contributed by atoms with E-state index in [2.05, 4.69) is 52.1 Å². The Morgan fingerprint density at radius 1 is 1.00 bits per heavy atom. The molecule has 0 atom stereocenters. The Balaban J connectivity index is 3.77. The highest BCUT2D eigenvalue weighted by Gasteiger charge is 2.04. The molecule has 0 spiro atoms. The minimum Gasteiger partial charge on any atom is -0.302 e. The second kappa shape index (κ2) is 6.86. The lowest BCUT2D eigenvalue weighted by molar-refractivity contribution is 0.544. The van der Waals surface area contributed by atoms with Crippen molar-refractivity contribution in [1.82, 2.24) is 5.43 Å². The first-order valence-electron chi connectivity index (χ1n) is 5.53. The van der Waals surface area contributed by atoms with Gasteiger partial charge in [0, 0.05) is 5.71 Å². The first kappa shape index (κ1) is 13.5. The average molecular weight is 197 g/mol. The number of hydrogen-bond donors (Lipinski definition) is 1. The molecule has 1 N–H and O–H groups in total. The van der Waals surface area contributed by atoms with Gasteiger partial charge in [0.15, 0.2) is 0 Å². The van der Waals surface area contributed by atoms with Gasteiger partial charge in [-0.2, -0.15) is 5.10 Å². The molecule has 0 amide bonds. The minimum absolute atomic E-state index is 0.686. The van der Waals surface area contributed by atoms with Crippen LogP contribution in [0, 0.1) is 17.9 Å². The summed E-state index contributed by atoms with van der Waals surface area (Å²) in [5, 5.41) is 4.35. The van der Waals surface area contributed by atoms with Crippen molar-refractivity contribution in [1.29, 1.82) is 0 Å². The zero-order valence-corrected chi connectivity index (χ0v) is 10.5. The fraction of sp³-hybridized carbons (Fsp3) is 0.833. The van der Waals surface area contributed by atoms with E-state index in [9.17, 15) is 0 Å². The highest BCUT2D eigenvalue weighted by atomic mass is 15.3. The predicted octanol–water partition coefficient (Wildman–Crippen LogP) is 3.60. The lowest BCUT2D eigenvalue weighted by Gasteiger charge is -2.13. The van der Waals surface area contributed by atoms with Crippen LogP contribution in [0.5, 0.6) is 0 Å². The molecule has 2 nitrogen and oxygen atoms in total. The second-order valence-electron chi connectivity index (χ2n) is 4.94. The molecule has 0 aliphatic carbocycles. The highest BCUT2D eigenvalue weighted by molar-refractivity contribution is 5.81. The van der Waals surface area contributed by atoms with Crippen molar-refractivity contribution in [2.45, 2.75) is 54.4 Å². The Morgan fingerprint density at radius 3 is 1.93 bits per heavy atom. The van der Waals surface area contributed by atoms with Crippen LogP contribution in [-0.2, 0) is 0 Å². The number of hydrogen-bond acceptors (Lipinski definition) is 2.